The van der Waals surface area contributed by atoms with Crippen molar-refractivity contribution in [3.8, 4) is 28.4 Å². The zero-order valence-corrected chi connectivity index (χ0v) is 14.3. The molecule has 0 bridgehead atoms. The molecule has 2 aromatic heterocycles. The van der Waals surface area contributed by atoms with Crippen molar-refractivity contribution in [1.29, 1.82) is 0 Å². The van der Waals surface area contributed by atoms with Gasteiger partial charge in [0.05, 0.1) is 17.1 Å². The Bertz CT molecular complexity index is 923. The van der Waals surface area contributed by atoms with Gasteiger partial charge >= 0.3 is 6.09 Å². The molecule has 24 heavy (non-hydrogen) atoms. The molecule has 1 amide bonds. The predicted octanol–water partition coefficient (Wildman–Crippen LogP) is 3.25. The highest BCUT2D eigenvalue weighted by Crippen LogP contribution is 2.37. The number of primary amides is 1. The van der Waals surface area contributed by atoms with Crippen molar-refractivity contribution in [2.24, 2.45) is 5.73 Å². The zero-order chi connectivity index (χ0) is 17.3. The van der Waals surface area contributed by atoms with Crippen molar-refractivity contribution in [1.82, 2.24) is 15.0 Å². The van der Waals surface area contributed by atoms with Crippen LogP contribution in [-0.4, -0.2) is 21.0 Å². The van der Waals surface area contributed by atoms with Crippen LogP contribution < -0.4 is 16.2 Å². The molecular formula is C16H14BrN5O2. The van der Waals surface area contributed by atoms with Crippen molar-refractivity contribution in [2.45, 2.75) is 6.92 Å². The molecular weight excluding hydrogens is 374 g/mol. The minimum atomic E-state index is -0.892. The lowest BCUT2D eigenvalue weighted by Gasteiger charge is -2.08. The molecule has 0 saturated heterocycles. The van der Waals surface area contributed by atoms with Crippen LogP contribution in [0.5, 0.6) is 5.75 Å². The van der Waals surface area contributed by atoms with Gasteiger partial charge in [0.2, 0.25) is 5.95 Å². The molecule has 0 aliphatic heterocycles. The van der Waals surface area contributed by atoms with Gasteiger partial charge in [0.25, 0.3) is 0 Å². The molecule has 122 valence electrons. The van der Waals surface area contributed by atoms with Gasteiger partial charge in [0.1, 0.15) is 0 Å². The van der Waals surface area contributed by atoms with E-state index in [0.717, 1.165) is 15.6 Å². The summed E-state index contributed by atoms with van der Waals surface area (Å²) in [4.78, 5) is 22.5. The van der Waals surface area contributed by atoms with E-state index in [2.05, 4.69) is 30.9 Å². The number of halogens is 1. The summed E-state index contributed by atoms with van der Waals surface area (Å²) in [5, 5.41) is 0. The summed E-state index contributed by atoms with van der Waals surface area (Å²) >= 11 is 3.50. The number of aromatic amines is 1. The smallest absolute Gasteiger partial charge is 0.408 e. The largest absolute Gasteiger partial charge is 0.410 e. The Morgan fingerprint density at radius 3 is 2.83 bits per heavy atom. The fourth-order valence-electron chi connectivity index (χ4n) is 2.36. The fourth-order valence-corrected chi connectivity index (χ4v) is 2.73. The maximum absolute atomic E-state index is 11.2. The molecule has 0 aliphatic carbocycles. The lowest BCUT2D eigenvalue weighted by Crippen LogP contribution is -2.16. The number of rotatable bonds is 3. The zero-order valence-electron chi connectivity index (χ0n) is 12.7. The molecule has 5 N–H and O–H groups in total. The van der Waals surface area contributed by atoms with E-state index >= 15 is 0 Å². The van der Waals surface area contributed by atoms with E-state index in [4.69, 9.17) is 16.2 Å². The topological polar surface area (TPSA) is 120 Å². The molecule has 0 unspecified atom stereocenters. The van der Waals surface area contributed by atoms with Gasteiger partial charge in [-0.25, -0.2) is 14.8 Å². The average Bonchev–Trinajstić information content (AvgIpc) is 2.93. The van der Waals surface area contributed by atoms with Crippen LogP contribution >= 0.6 is 15.9 Å². The molecule has 0 saturated carbocycles. The first-order valence-corrected chi connectivity index (χ1v) is 7.79. The summed E-state index contributed by atoms with van der Waals surface area (Å²) in [7, 11) is 0. The van der Waals surface area contributed by atoms with Gasteiger partial charge in [0, 0.05) is 22.3 Å². The maximum atomic E-state index is 11.2. The van der Waals surface area contributed by atoms with Gasteiger partial charge < -0.3 is 21.2 Å². The van der Waals surface area contributed by atoms with E-state index in [1.807, 2.05) is 25.1 Å². The monoisotopic (exact) mass is 387 g/mol. The molecule has 8 heteroatoms. The second-order valence-electron chi connectivity index (χ2n) is 5.06. The van der Waals surface area contributed by atoms with Gasteiger partial charge in [-0.1, -0.05) is 28.1 Å². The molecule has 0 radical (unpaired) electrons. The van der Waals surface area contributed by atoms with Gasteiger partial charge in [-0.3, -0.25) is 0 Å². The van der Waals surface area contributed by atoms with Crippen molar-refractivity contribution in [3.63, 3.8) is 0 Å². The van der Waals surface area contributed by atoms with Crippen LogP contribution in [0.4, 0.5) is 10.7 Å². The number of amides is 1. The molecule has 7 nitrogen and oxygen atoms in total. The SMILES string of the molecule is Cc1c(Br)cccc1-c1[nH]c(-c2ccnc(N)n2)cc1OC(N)=O. The second-order valence-corrected chi connectivity index (χ2v) is 5.91. The molecule has 0 fully saturated rings. The molecule has 0 atom stereocenters. The number of nitrogens with zero attached hydrogens (tertiary/aromatic N) is 2. The van der Waals surface area contributed by atoms with Gasteiger partial charge in [0.15, 0.2) is 5.75 Å². The number of H-pyrrole nitrogens is 1. The lowest BCUT2D eigenvalue weighted by atomic mass is 10.1. The Hall–Kier alpha value is -2.87. The number of carbonyl (C=O) groups excluding carboxylic acids is 1. The number of hydrogen-bond donors (Lipinski definition) is 3. The van der Waals surface area contributed by atoms with E-state index in [1.54, 1.807) is 18.3 Å². The van der Waals surface area contributed by atoms with Crippen molar-refractivity contribution >= 4 is 28.0 Å². The van der Waals surface area contributed by atoms with Crippen molar-refractivity contribution < 1.29 is 9.53 Å². The third-order valence-electron chi connectivity index (χ3n) is 3.48. The summed E-state index contributed by atoms with van der Waals surface area (Å²) in [5.41, 5.74) is 14.5. The normalized spacial score (nSPS) is 10.6. The first kappa shape index (κ1) is 16.0. The Morgan fingerprint density at radius 1 is 1.33 bits per heavy atom. The van der Waals surface area contributed by atoms with Gasteiger partial charge in [-0.2, -0.15) is 0 Å². The number of carbonyl (C=O) groups is 1. The highest BCUT2D eigenvalue weighted by molar-refractivity contribution is 9.10. The highest BCUT2D eigenvalue weighted by Gasteiger charge is 2.17. The summed E-state index contributed by atoms with van der Waals surface area (Å²) in [6.45, 7) is 1.96. The first-order chi connectivity index (χ1) is 11.5. The van der Waals surface area contributed by atoms with E-state index in [9.17, 15) is 4.79 Å². The van der Waals surface area contributed by atoms with Gasteiger partial charge in [-0.15, -0.1) is 0 Å². The molecule has 0 spiro atoms. The molecule has 2 heterocycles. The number of anilines is 1. The van der Waals surface area contributed by atoms with E-state index in [1.165, 1.54) is 0 Å². The number of nitrogen functional groups attached to an aromatic ring is 1. The Balaban J connectivity index is 2.17. The van der Waals surface area contributed by atoms with Crippen LogP contribution in [0.3, 0.4) is 0 Å². The lowest BCUT2D eigenvalue weighted by molar-refractivity contribution is 0.211. The number of aromatic nitrogens is 3. The van der Waals surface area contributed by atoms with E-state index in [0.29, 0.717) is 22.8 Å². The number of nitrogens with one attached hydrogen (secondary N) is 1. The van der Waals surface area contributed by atoms with Crippen LogP contribution in [0, 0.1) is 6.92 Å². The van der Waals surface area contributed by atoms with Crippen LogP contribution in [0.2, 0.25) is 0 Å². The summed E-state index contributed by atoms with van der Waals surface area (Å²) in [6, 6.07) is 9.10. The standard InChI is InChI=1S/C16H14BrN5O2/c1-8-9(3-2-4-10(8)17)14-13(24-16(19)23)7-12(21-14)11-5-6-20-15(18)22-11/h2-7,21H,1H3,(H2,19,23)(H2,18,20,22). The predicted molar refractivity (Wildman–Crippen MR) is 94.3 cm³/mol. The number of ether oxygens (including phenoxy) is 1. The van der Waals surface area contributed by atoms with Crippen molar-refractivity contribution in [2.75, 3.05) is 5.73 Å². The second kappa shape index (κ2) is 6.32. The first-order valence-electron chi connectivity index (χ1n) is 7.00. The Labute approximate surface area is 146 Å². The quantitative estimate of drug-likeness (QED) is 0.636. The van der Waals surface area contributed by atoms with E-state index in [-0.39, 0.29) is 5.95 Å². The van der Waals surface area contributed by atoms with Crippen LogP contribution in [0.15, 0.2) is 41.0 Å². The van der Waals surface area contributed by atoms with Crippen LogP contribution in [0.25, 0.3) is 22.6 Å². The maximum Gasteiger partial charge on any atom is 0.410 e. The third kappa shape index (κ3) is 3.09. The molecule has 0 aliphatic rings. The third-order valence-corrected chi connectivity index (χ3v) is 4.34. The average molecular weight is 388 g/mol. The summed E-state index contributed by atoms with van der Waals surface area (Å²) < 4.78 is 6.08. The molecule has 1 aromatic carbocycles. The highest BCUT2D eigenvalue weighted by atomic mass is 79.9. The summed E-state index contributed by atoms with van der Waals surface area (Å²) in [6.07, 6.45) is 0.661. The van der Waals surface area contributed by atoms with Crippen LogP contribution in [0.1, 0.15) is 5.56 Å². The van der Waals surface area contributed by atoms with Crippen molar-refractivity contribution in [3.05, 3.63) is 46.6 Å². The number of hydrogen-bond acceptors (Lipinski definition) is 5. The van der Waals surface area contributed by atoms with Gasteiger partial charge in [-0.05, 0) is 24.6 Å². The number of benzene rings is 1. The minimum absolute atomic E-state index is 0.152. The Kier molecular flexibility index (Phi) is 4.22. The molecule has 3 rings (SSSR count). The van der Waals surface area contributed by atoms with Crippen LogP contribution in [-0.2, 0) is 0 Å². The summed E-state index contributed by atoms with van der Waals surface area (Å²) in [5.74, 6) is 0.468. The minimum Gasteiger partial charge on any atom is -0.408 e. The number of nitrogens with two attached hydrogens (primary N) is 2. The Morgan fingerprint density at radius 2 is 2.12 bits per heavy atom. The fraction of sp³-hybridized carbons (Fsp3) is 0.0625. The molecule has 3 aromatic rings. The van der Waals surface area contributed by atoms with E-state index < -0.39 is 6.09 Å².